The molecule has 104 valence electrons. The average Bonchev–Trinajstić information content (AvgIpc) is 2.92. The first-order chi connectivity index (χ1) is 9.49. The predicted molar refractivity (Wildman–Crippen MR) is 67.6 cm³/mol. The molecule has 2 aromatic heterocycles. The number of nitrogens with one attached hydrogen (secondary N) is 2. The number of rotatable bonds is 4. The van der Waals surface area contributed by atoms with Crippen LogP contribution in [0.3, 0.4) is 0 Å². The zero-order valence-electron chi connectivity index (χ0n) is 10.4. The lowest BCUT2D eigenvalue weighted by molar-refractivity contribution is -0.385. The molecule has 0 aliphatic carbocycles. The number of aromatic nitrogens is 4. The first-order valence-corrected chi connectivity index (χ1v) is 5.55. The summed E-state index contributed by atoms with van der Waals surface area (Å²) in [6.07, 6.45) is 2.30. The summed E-state index contributed by atoms with van der Waals surface area (Å²) >= 11 is 0. The number of hydrogen-bond acceptors (Lipinski definition) is 7. The highest BCUT2D eigenvalue weighted by molar-refractivity contribution is 5.99. The molecule has 0 saturated carbocycles. The largest absolute Gasteiger partial charge is 0.383 e. The van der Waals surface area contributed by atoms with Crippen LogP contribution in [0.5, 0.6) is 0 Å². The number of amides is 1. The van der Waals surface area contributed by atoms with Gasteiger partial charge in [-0.15, -0.1) is 0 Å². The molecule has 0 saturated heterocycles. The van der Waals surface area contributed by atoms with Gasteiger partial charge in [-0.2, -0.15) is 5.10 Å². The molecular formula is C10H11N7O3. The van der Waals surface area contributed by atoms with Crippen molar-refractivity contribution in [3.8, 4) is 0 Å². The van der Waals surface area contributed by atoms with E-state index in [0.717, 1.165) is 12.3 Å². The molecule has 10 nitrogen and oxygen atoms in total. The lowest BCUT2D eigenvalue weighted by Crippen LogP contribution is -2.28. The standard InChI is InChI=1S/C10H11N7O3/c1-5(9-13-4-14-16-9)15-10(18)7-2-6(17(19)20)3-12-8(7)11/h2-5H,1H3,(H2,11,12)(H,15,18)(H,13,14,16). The van der Waals surface area contributed by atoms with Gasteiger partial charge in [-0.05, 0) is 6.92 Å². The van der Waals surface area contributed by atoms with Gasteiger partial charge >= 0.3 is 0 Å². The Labute approximate surface area is 112 Å². The van der Waals surface area contributed by atoms with Crippen LogP contribution in [0.2, 0.25) is 0 Å². The molecule has 10 heteroatoms. The Balaban J connectivity index is 2.20. The molecule has 2 heterocycles. The van der Waals surface area contributed by atoms with Crippen LogP contribution in [0, 0.1) is 10.1 Å². The van der Waals surface area contributed by atoms with Gasteiger partial charge in [0.1, 0.15) is 24.2 Å². The zero-order valence-corrected chi connectivity index (χ0v) is 10.4. The Morgan fingerprint density at radius 2 is 2.30 bits per heavy atom. The third-order valence-corrected chi connectivity index (χ3v) is 2.55. The fraction of sp³-hybridized carbons (Fsp3) is 0.200. The van der Waals surface area contributed by atoms with Gasteiger partial charge in [0.05, 0.1) is 16.5 Å². The van der Waals surface area contributed by atoms with Gasteiger partial charge in [-0.25, -0.2) is 9.97 Å². The van der Waals surface area contributed by atoms with Gasteiger partial charge in [0, 0.05) is 6.07 Å². The summed E-state index contributed by atoms with van der Waals surface area (Å²) in [6, 6.07) is 0.619. The number of pyridine rings is 1. The number of carbonyl (C=O) groups excluding carboxylic acids is 1. The Morgan fingerprint density at radius 3 is 2.90 bits per heavy atom. The maximum absolute atomic E-state index is 12.0. The summed E-state index contributed by atoms with van der Waals surface area (Å²) in [5.41, 5.74) is 5.18. The average molecular weight is 277 g/mol. The highest BCUT2D eigenvalue weighted by Crippen LogP contribution is 2.17. The van der Waals surface area contributed by atoms with Gasteiger partial charge < -0.3 is 11.1 Å². The van der Waals surface area contributed by atoms with Crippen molar-refractivity contribution in [2.24, 2.45) is 0 Å². The second-order valence-corrected chi connectivity index (χ2v) is 3.95. The molecule has 1 amide bonds. The number of nitrogens with zero attached hydrogens (tertiary/aromatic N) is 4. The van der Waals surface area contributed by atoms with Crippen LogP contribution in [0.25, 0.3) is 0 Å². The predicted octanol–water partition coefficient (Wildman–Crippen LogP) is 0.181. The Hall–Kier alpha value is -3.04. The van der Waals surface area contributed by atoms with E-state index in [1.807, 2.05) is 0 Å². The van der Waals surface area contributed by atoms with E-state index in [-0.39, 0.29) is 17.1 Å². The Kier molecular flexibility index (Phi) is 3.55. The molecular weight excluding hydrogens is 266 g/mol. The van der Waals surface area contributed by atoms with Crippen LogP contribution in [0.1, 0.15) is 29.1 Å². The summed E-state index contributed by atoms with van der Waals surface area (Å²) in [5.74, 6) is -0.212. The van der Waals surface area contributed by atoms with Crippen LogP contribution in [0.15, 0.2) is 18.6 Å². The zero-order chi connectivity index (χ0) is 14.7. The van der Waals surface area contributed by atoms with Crippen molar-refractivity contribution in [3.63, 3.8) is 0 Å². The summed E-state index contributed by atoms with van der Waals surface area (Å²) < 4.78 is 0. The van der Waals surface area contributed by atoms with Crippen molar-refractivity contribution in [2.45, 2.75) is 13.0 Å². The number of carbonyl (C=O) groups is 1. The number of anilines is 1. The molecule has 0 spiro atoms. The fourth-order valence-electron chi connectivity index (χ4n) is 1.51. The number of H-pyrrole nitrogens is 1. The van der Waals surface area contributed by atoms with Crippen molar-refractivity contribution >= 4 is 17.4 Å². The van der Waals surface area contributed by atoms with E-state index in [2.05, 4.69) is 25.5 Å². The second kappa shape index (κ2) is 5.30. The van der Waals surface area contributed by atoms with Crippen LogP contribution < -0.4 is 11.1 Å². The molecule has 0 aromatic carbocycles. The third kappa shape index (κ3) is 2.68. The number of nitrogen functional groups attached to an aromatic ring is 1. The van der Waals surface area contributed by atoms with Crippen molar-refractivity contribution < 1.29 is 9.72 Å². The minimum absolute atomic E-state index is 0.0643. The molecule has 0 fully saturated rings. The van der Waals surface area contributed by atoms with Crippen molar-refractivity contribution in [3.05, 3.63) is 40.1 Å². The molecule has 0 radical (unpaired) electrons. The molecule has 4 N–H and O–H groups in total. The van der Waals surface area contributed by atoms with Gasteiger partial charge in [0.2, 0.25) is 0 Å². The molecule has 0 bridgehead atoms. The van der Waals surface area contributed by atoms with Crippen molar-refractivity contribution in [1.29, 1.82) is 0 Å². The van der Waals surface area contributed by atoms with Crippen LogP contribution in [0.4, 0.5) is 11.5 Å². The van der Waals surface area contributed by atoms with E-state index in [1.54, 1.807) is 6.92 Å². The summed E-state index contributed by atoms with van der Waals surface area (Å²) in [4.78, 5) is 29.6. The number of nitrogens with two attached hydrogens (primary N) is 1. The van der Waals surface area contributed by atoms with Gasteiger partial charge in [0.25, 0.3) is 11.6 Å². The quantitative estimate of drug-likeness (QED) is 0.532. The maximum atomic E-state index is 12.0. The van der Waals surface area contributed by atoms with Gasteiger partial charge in [-0.1, -0.05) is 0 Å². The third-order valence-electron chi connectivity index (χ3n) is 2.55. The summed E-state index contributed by atoms with van der Waals surface area (Å²) in [5, 5.41) is 19.5. The molecule has 0 aliphatic rings. The number of nitro groups is 1. The van der Waals surface area contributed by atoms with E-state index < -0.39 is 16.9 Å². The molecule has 2 aromatic rings. The van der Waals surface area contributed by atoms with E-state index >= 15 is 0 Å². The normalized spacial score (nSPS) is 11.8. The van der Waals surface area contributed by atoms with E-state index in [1.165, 1.54) is 6.33 Å². The smallest absolute Gasteiger partial charge is 0.288 e. The highest BCUT2D eigenvalue weighted by Gasteiger charge is 2.19. The highest BCUT2D eigenvalue weighted by atomic mass is 16.6. The lowest BCUT2D eigenvalue weighted by atomic mass is 10.2. The number of aromatic amines is 1. The fourth-order valence-corrected chi connectivity index (χ4v) is 1.51. The maximum Gasteiger partial charge on any atom is 0.288 e. The van der Waals surface area contributed by atoms with Crippen molar-refractivity contribution in [1.82, 2.24) is 25.5 Å². The van der Waals surface area contributed by atoms with Crippen LogP contribution in [-0.2, 0) is 0 Å². The molecule has 20 heavy (non-hydrogen) atoms. The first-order valence-electron chi connectivity index (χ1n) is 5.55. The molecule has 1 unspecified atom stereocenters. The van der Waals surface area contributed by atoms with E-state index in [4.69, 9.17) is 5.73 Å². The molecule has 2 rings (SSSR count). The monoisotopic (exact) mass is 277 g/mol. The SMILES string of the molecule is CC(NC(=O)c1cc([N+](=O)[O-])cnc1N)c1ncn[nH]1. The number of hydrogen-bond donors (Lipinski definition) is 3. The summed E-state index contributed by atoms with van der Waals surface area (Å²) in [7, 11) is 0. The summed E-state index contributed by atoms with van der Waals surface area (Å²) in [6.45, 7) is 1.68. The minimum Gasteiger partial charge on any atom is -0.383 e. The Bertz CT molecular complexity index is 640. The second-order valence-electron chi connectivity index (χ2n) is 3.95. The van der Waals surface area contributed by atoms with Gasteiger partial charge in [-0.3, -0.25) is 20.0 Å². The van der Waals surface area contributed by atoms with E-state index in [0.29, 0.717) is 5.82 Å². The molecule has 0 aliphatic heterocycles. The Morgan fingerprint density at radius 1 is 1.55 bits per heavy atom. The van der Waals surface area contributed by atoms with E-state index in [9.17, 15) is 14.9 Å². The van der Waals surface area contributed by atoms with Crippen LogP contribution in [-0.4, -0.2) is 31.0 Å². The van der Waals surface area contributed by atoms with Crippen molar-refractivity contribution in [2.75, 3.05) is 5.73 Å². The first kappa shape index (κ1) is 13.4. The molecule has 1 atom stereocenters. The van der Waals surface area contributed by atoms with Crippen LogP contribution >= 0.6 is 0 Å². The lowest BCUT2D eigenvalue weighted by Gasteiger charge is -2.11. The minimum atomic E-state index is -0.650. The van der Waals surface area contributed by atoms with Gasteiger partial charge in [0.15, 0.2) is 0 Å². The topological polar surface area (TPSA) is 153 Å².